The molecule has 0 aliphatic heterocycles. The van der Waals surface area contributed by atoms with Gasteiger partial charge in [0.25, 0.3) is 0 Å². The SMILES string of the molecule is Cc1ccc(Nc2c(C#N)cnc3ccc(F)cc23)cc1Cl.Cl. The first-order chi connectivity index (χ1) is 10.6. The summed E-state index contributed by atoms with van der Waals surface area (Å²) in [4.78, 5) is 4.17. The summed E-state index contributed by atoms with van der Waals surface area (Å²) in [5, 5.41) is 13.6. The third-order valence-electron chi connectivity index (χ3n) is 3.39. The summed E-state index contributed by atoms with van der Waals surface area (Å²) in [5.74, 6) is -0.380. The highest BCUT2D eigenvalue weighted by Gasteiger charge is 2.10. The molecule has 0 saturated heterocycles. The third-order valence-corrected chi connectivity index (χ3v) is 3.80. The van der Waals surface area contributed by atoms with E-state index in [0.29, 0.717) is 27.2 Å². The lowest BCUT2D eigenvalue weighted by molar-refractivity contribution is 0.629. The summed E-state index contributed by atoms with van der Waals surface area (Å²) in [6.45, 7) is 1.91. The van der Waals surface area contributed by atoms with E-state index in [0.717, 1.165) is 11.3 Å². The topological polar surface area (TPSA) is 48.7 Å². The van der Waals surface area contributed by atoms with E-state index in [1.807, 2.05) is 19.1 Å². The van der Waals surface area contributed by atoms with Crippen LogP contribution in [0.2, 0.25) is 5.02 Å². The van der Waals surface area contributed by atoms with Crippen LogP contribution in [0, 0.1) is 24.1 Å². The van der Waals surface area contributed by atoms with E-state index >= 15 is 0 Å². The average molecular weight is 348 g/mol. The molecular weight excluding hydrogens is 336 g/mol. The molecule has 0 bridgehead atoms. The van der Waals surface area contributed by atoms with Gasteiger partial charge in [-0.05, 0) is 42.8 Å². The van der Waals surface area contributed by atoms with Crippen LogP contribution in [0.3, 0.4) is 0 Å². The zero-order valence-corrected chi connectivity index (χ0v) is 13.7. The van der Waals surface area contributed by atoms with Gasteiger partial charge in [0.2, 0.25) is 0 Å². The van der Waals surface area contributed by atoms with Crippen LogP contribution < -0.4 is 5.32 Å². The minimum absolute atomic E-state index is 0. The number of hydrogen-bond donors (Lipinski definition) is 1. The second-order valence-corrected chi connectivity index (χ2v) is 5.32. The van der Waals surface area contributed by atoms with E-state index in [9.17, 15) is 9.65 Å². The van der Waals surface area contributed by atoms with E-state index in [1.165, 1.54) is 18.3 Å². The average Bonchev–Trinajstić information content (AvgIpc) is 2.51. The number of nitrogens with one attached hydrogen (secondary N) is 1. The molecule has 0 aliphatic carbocycles. The van der Waals surface area contributed by atoms with Crippen molar-refractivity contribution in [3.63, 3.8) is 0 Å². The van der Waals surface area contributed by atoms with Crippen LogP contribution in [0.25, 0.3) is 10.9 Å². The number of aryl methyl sites for hydroxylation is 1. The van der Waals surface area contributed by atoms with Crippen LogP contribution in [-0.2, 0) is 0 Å². The Labute approximate surface area is 144 Å². The van der Waals surface area contributed by atoms with Gasteiger partial charge in [0.15, 0.2) is 0 Å². The van der Waals surface area contributed by atoms with Gasteiger partial charge < -0.3 is 5.32 Å². The van der Waals surface area contributed by atoms with Crippen molar-refractivity contribution in [1.29, 1.82) is 5.26 Å². The number of halogens is 3. The second-order valence-electron chi connectivity index (χ2n) is 4.91. The lowest BCUT2D eigenvalue weighted by Gasteiger charge is -2.12. The number of pyridine rings is 1. The number of rotatable bonds is 2. The first kappa shape index (κ1) is 17.0. The van der Waals surface area contributed by atoms with Crippen LogP contribution in [0.15, 0.2) is 42.6 Å². The summed E-state index contributed by atoms with van der Waals surface area (Å²) < 4.78 is 13.5. The Kier molecular flexibility index (Phi) is 5.05. The van der Waals surface area contributed by atoms with Crippen LogP contribution >= 0.6 is 24.0 Å². The van der Waals surface area contributed by atoms with Gasteiger partial charge in [-0.1, -0.05) is 17.7 Å². The standard InChI is InChI=1S/C17H11ClFN3.ClH/c1-10-2-4-13(7-15(10)18)22-17-11(8-20)9-21-16-5-3-12(19)6-14(16)17;/h2-7,9H,1H3,(H,21,22);1H. The van der Waals surface area contributed by atoms with Crippen molar-refractivity contribution < 1.29 is 4.39 Å². The van der Waals surface area contributed by atoms with Crippen molar-refractivity contribution in [1.82, 2.24) is 4.98 Å². The van der Waals surface area contributed by atoms with Crippen LogP contribution in [0.1, 0.15) is 11.1 Å². The van der Waals surface area contributed by atoms with E-state index in [-0.39, 0.29) is 18.2 Å². The highest BCUT2D eigenvalue weighted by Crippen LogP contribution is 2.30. The molecule has 1 aromatic heterocycles. The van der Waals surface area contributed by atoms with Crippen LogP contribution in [0.5, 0.6) is 0 Å². The Balaban J connectivity index is 0.00000192. The number of hydrogen-bond acceptors (Lipinski definition) is 3. The highest BCUT2D eigenvalue weighted by atomic mass is 35.5. The fraction of sp³-hybridized carbons (Fsp3) is 0.0588. The van der Waals surface area contributed by atoms with Gasteiger partial charge in [0.1, 0.15) is 11.9 Å². The Morgan fingerprint density at radius 3 is 2.70 bits per heavy atom. The van der Waals surface area contributed by atoms with Gasteiger partial charge in [-0.3, -0.25) is 4.98 Å². The summed E-state index contributed by atoms with van der Waals surface area (Å²) in [6.07, 6.45) is 1.47. The molecule has 6 heteroatoms. The predicted molar refractivity (Wildman–Crippen MR) is 93.1 cm³/mol. The Hall–Kier alpha value is -2.35. The van der Waals surface area contributed by atoms with Crippen molar-refractivity contribution in [2.24, 2.45) is 0 Å². The molecule has 0 amide bonds. The van der Waals surface area contributed by atoms with E-state index in [2.05, 4.69) is 16.4 Å². The molecule has 0 atom stereocenters. The largest absolute Gasteiger partial charge is 0.354 e. The molecule has 23 heavy (non-hydrogen) atoms. The number of benzene rings is 2. The van der Waals surface area contributed by atoms with Crippen LogP contribution in [-0.4, -0.2) is 4.98 Å². The van der Waals surface area contributed by atoms with Gasteiger partial charge in [-0.15, -0.1) is 12.4 Å². The summed E-state index contributed by atoms with van der Waals surface area (Å²) >= 11 is 6.12. The molecule has 3 rings (SSSR count). The fourth-order valence-electron chi connectivity index (χ4n) is 2.20. The molecule has 116 valence electrons. The lowest BCUT2D eigenvalue weighted by Crippen LogP contribution is -1.97. The molecule has 0 fully saturated rings. The first-order valence-electron chi connectivity index (χ1n) is 6.60. The van der Waals surface area contributed by atoms with E-state index < -0.39 is 0 Å². The van der Waals surface area contributed by atoms with Gasteiger partial charge in [0, 0.05) is 22.3 Å². The van der Waals surface area contributed by atoms with Crippen molar-refractivity contribution in [3.8, 4) is 6.07 Å². The Morgan fingerprint density at radius 2 is 2.00 bits per heavy atom. The summed E-state index contributed by atoms with van der Waals surface area (Å²) in [7, 11) is 0. The number of aromatic nitrogens is 1. The normalized spacial score (nSPS) is 10.0. The molecular formula is C17H12Cl2FN3. The molecule has 3 nitrogen and oxygen atoms in total. The molecule has 1 heterocycles. The highest BCUT2D eigenvalue weighted by molar-refractivity contribution is 6.31. The number of nitriles is 1. The smallest absolute Gasteiger partial charge is 0.124 e. The van der Waals surface area contributed by atoms with Gasteiger partial charge in [0.05, 0.1) is 16.8 Å². The molecule has 0 radical (unpaired) electrons. The number of fused-ring (bicyclic) bond motifs is 1. The summed E-state index contributed by atoms with van der Waals surface area (Å²) in [6, 6.07) is 11.9. The molecule has 1 N–H and O–H groups in total. The maximum absolute atomic E-state index is 13.5. The number of nitrogens with zero attached hydrogens (tertiary/aromatic N) is 2. The van der Waals surface area contributed by atoms with Crippen molar-refractivity contribution in [3.05, 3.63) is 64.6 Å². The minimum atomic E-state index is -0.380. The molecule has 0 aliphatic rings. The Morgan fingerprint density at radius 1 is 1.22 bits per heavy atom. The maximum Gasteiger partial charge on any atom is 0.124 e. The molecule has 0 saturated carbocycles. The van der Waals surface area contributed by atoms with Crippen molar-refractivity contribution in [2.45, 2.75) is 6.92 Å². The van der Waals surface area contributed by atoms with Gasteiger partial charge in [-0.25, -0.2) is 4.39 Å². The first-order valence-corrected chi connectivity index (χ1v) is 6.98. The maximum atomic E-state index is 13.5. The molecule has 0 unspecified atom stereocenters. The number of anilines is 2. The van der Waals surface area contributed by atoms with Crippen molar-refractivity contribution in [2.75, 3.05) is 5.32 Å². The molecule has 3 aromatic rings. The predicted octanol–water partition coefficient (Wildman–Crippen LogP) is 5.37. The monoisotopic (exact) mass is 347 g/mol. The second kappa shape index (κ2) is 6.82. The van der Waals surface area contributed by atoms with Gasteiger partial charge >= 0.3 is 0 Å². The summed E-state index contributed by atoms with van der Waals surface area (Å²) in [5.41, 5.74) is 3.16. The quantitative estimate of drug-likeness (QED) is 0.677. The van der Waals surface area contributed by atoms with Gasteiger partial charge in [-0.2, -0.15) is 5.26 Å². The van der Waals surface area contributed by atoms with Crippen molar-refractivity contribution >= 4 is 46.3 Å². The fourth-order valence-corrected chi connectivity index (χ4v) is 2.38. The van der Waals surface area contributed by atoms with Crippen LogP contribution in [0.4, 0.5) is 15.8 Å². The molecule has 0 spiro atoms. The third kappa shape index (κ3) is 3.37. The molecule has 2 aromatic carbocycles. The zero-order valence-electron chi connectivity index (χ0n) is 12.1. The van der Waals surface area contributed by atoms with E-state index in [4.69, 9.17) is 11.6 Å². The minimum Gasteiger partial charge on any atom is -0.354 e. The Bertz CT molecular complexity index is 920. The zero-order chi connectivity index (χ0) is 15.7. The lowest BCUT2D eigenvalue weighted by atomic mass is 10.1. The van der Waals surface area contributed by atoms with E-state index in [1.54, 1.807) is 12.1 Å².